The molecule has 26 heavy (non-hydrogen) atoms. The van der Waals surface area contributed by atoms with Crippen LogP contribution in [0.4, 0.5) is 9.18 Å². The van der Waals surface area contributed by atoms with E-state index >= 15 is 0 Å². The molecule has 2 aromatic rings. The van der Waals surface area contributed by atoms with E-state index in [1.165, 1.54) is 12.1 Å². The van der Waals surface area contributed by atoms with Crippen LogP contribution in [0.5, 0.6) is 5.75 Å². The second-order valence-electron chi connectivity index (χ2n) is 5.82. The van der Waals surface area contributed by atoms with Gasteiger partial charge in [0, 0.05) is 7.11 Å². The van der Waals surface area contributed by atoms with Gasteiger partial charge in [0.05, 0.1) is 5.25 Å². The van der Waals surface area contributed by atoms with E-state index in [0.717, 1.165) is 17.3 Å². The number of thioether (sulfide) groups is 1. The third-order valence-corrected chi connectivity index (χ3v) is 5.00. The monoisotopic (exact) mass is 375 g/mol. The quantitative estimate of drug-likeness (QED) is 0.803. The molecule has 1 saturated heterocycles. The maximum absolute atomic E-state index is 13.3. The van der Waals surface area contributed by atoms with Gasteiger partial charge in [-0.15, -0.1) is 0 Å². The summed E-state index contributed by atoms with van der Waals surface area (Å²) in [5, 5.41) is 1.59. The molecule has 0 saturated carbocycles. The van der Waals surface area contributed by atoms with Gasteiger partial charge in [0.15, 0.2) is 0 Å². The Kier molecular flexibility index (Phi) is 5.90. The van der Waals surface area contributed by atoms with Crippen molar-refractivity contribution in [1.82, 2.24) is 5.32 Å². The molecule has 0 aliphatic carbocycles. The minimum absolute atomic E-state index is 0.245. The standard InChI is InChI=1S/C19H18FNO4S/c1-24-16(13-3-2-4-14(20)10-13)11-25-15-7-5-12(6-8-15)9-17-18(22)21-19(23)26-17/h2-8,10,16-17H,9,11H2,1H3,(H,21,22,23). The number of hydrogen-bond donors (Lipinski definition) is 1. The Hall–Kier alpha value is -2.38. The average Bonchev–Trinajstić information content (AvgIpc) is 2.94. The zero-order chi connectivity index (χ0) is 18.5. The summed E-state index contributed by atoms with van der Waals surface area (Å²) in [5.41, 5.74) is 1.64. The molecule has 2 unspecified atom stereocenters. The fraction of sp³-hybridized carbons (Fsp3) is 0.263. The summed E-state index contributed by atoms with van der Waals surface area (Å²) in [7, 11) is 1.55. The van der Waals surface area contributed by atoms with E-state index < -0.39 is 0 Å². The number of halogens is 1. The fourth-order valence-electron chi connectivity index (χ4n) is 2.64. The Morgan fingerprint density at radius 3 is 2.58 bits per heavy atom. The Morgan fingerprint density at radius 2 is 1.96 bits per heavy atom. The summed E-state index contributed by atoms with van der Waals surface area (Å²) >= 11 is 1.01. The van der Waals surface area contributed by atoms with Crippen molar-refractivity contribution in [2.24, 2.45) is 0 Å². The van der Waals surface area contributed by atoms with E-state index in [1.54, 1.807) is 31.4 Å². The number of nitrogens with one attached hydrogen (secondary N) is 1. The summed E-state index contributed by atoms with van der Waals surface area (Å²) in [5.74, 6) is 0.0753. The molecule has 0 bridgehead atoms. The Bertz CT molecular complexity index is 796. The molecular weight excluding hydrogens is 357 g/mol. The lowest BCUT2D eigenvalue weighted by Gasteiger charge is -2.17. The fourth-order valence-corrected chi connectivity index (χ4v) is 3.50. The molecule has 136 valence electrons. The Balaban J connectivity index is 1.57. The minimum Gasteiger partial charge on any atom is -0.491 e. The number of carbonyl (C=O) groups excluding carboxylic acids is 2. The van der Waals surface area contributed by atoms with Crippen molar-refractivity contribution in [3.05, 3.63) is 65.5 Å². The lowest BCUT2D eigenvalue weighted by atomic mass is 10.1. The second-order valence-corrected chi connectivity index (χ2v) is 7.00. The zero-order valence-corrected chi connectivity index (χ0v) is 14.9. The van der Waals surface area contributed by atoms with Gasteiger partial charge in [-0.1, -0.05) is 36.0 Å². The molecule has 0 aromatic heterocycles. The summed E-state index contributed by atoms with van der Waals surface area (Å²) in [6.07, 6.45) is 0.0990. The van der Waals surface area contributed by atoms with Crippen LogP contribution in [-0.4, -0.2) is 30.1 Å². The maximum atomic E-state index is 13.3. The molecule has 2 aromatic carbocycles. The van der Waals surface area contributed by atoms with Crippen LogP contribution in [0.25, 0.3) is 0 Å². The molecular formula is C19H18FNO4S. The van der Waals surface area contributed by atoms with Crippen molar-refractivity contribution in [2.45, 2.75) is 17.8 Å². The third kappa shape index (κ3) is 4.62. The van der Waals surface area contributed by atoms with Crippen molar-refractivity contribution in [2.75, 3.05) is 13.7 Å². The lowest BCUT2D eigenvalue weighted by molar-refractivity contribution is -0.118. The highest BCUT2D eigenvalue weighted by molar-refractivity contribution is 8.15. The first-order valence-corrected chi connectivity index (χ1v) is 8.94. The van der Waals surface area contributed by atoms with Crippen LogP contribution in [0.1, 0.15) is 17.2 Å². The Labute approximate surface area is 154 Å². The van der Waals surface area contributed by atoms with Crippen molar-refractivity contribution >= 4 is 22.9 Å². The molecule has 0 radical (unpaired) electrons. The van der Waals surface area contributed by atoms with Gasteiger partial charge in [0.2, 0.25) is 5.91 Å². The number of ether oxygens (including phenoxy) is 2. The SMILES string of the molecule is COC(COc1ccc(CC2SC(=O)NC2=O)cc1)c1cccc(F)c1. The third-order valence-electron chi connectivity index (χ3n) is 4.02. The van der Waals surface area contributed by atoms with Gasteiger partial charge >= 0.3 is 0 Å². The number of hydrogen-bond acceptors (Lipinski definition) is 5. The lowest BCUT2D eigenvalue weighted by Crippen LogP contribution is -2.25. The molecule has 7 heteroatoms. The topological polar surface area (TPSA) is 64.6 Å². The number of methoxy groups -OCH3 is 1. The van der Waals surface area contributed by atoms with Crippen molar-refractivity contribution in [3.63, 3.8) is 0 Å². The van der Waals surface area contributed by atoms with Crippen LogP contribution < -0.4 is 10.1 Å². The zero-order valence-electron chi connectivity index (χ0n) is 14.1. The summed E-state index contributed by atoms with van der Waals surface area (Å²) < 4.78 is 24.4. The Morgan fingerprint density at radius 1 is 1.19 bits per heavy atom. The molecule has 0 spiro atoms. The van der Waals surface area contributed by atoms with Crippen molar-refractivity contribution < 1.29 is 23.5 Å². The first-order chi connectivity index (χ1) is 12.5. The molecule has 2 atom stereocenters. The van der Waals surface area contributed by atoms with Gasteiger partial charge in [-0.3, -0.25) is 14.9 Å². The van der Waals surface area contributed by atoms with E-state index in [4.69, 9.17) is 9.47 Å². The highest BCUT2D eigenvalue weighted by Gasteiger charge is 2.31. The highest BCUT2D eigenvalue weighted by atomic mass is 32.2. The second kappa shape index (κ2) is 8.33. The molecule has 5 nitrogen and oxygen atoms in total. The summed E-state index contributed by atoms with van der Waals surface area (Å²) in [6.45, 7) is 0.245. The van der Waals surface area contributed by atoms with Gasteiger partial charge in [-0.05, 0) is 41.8 Å². The first-order valence-electron chi connectivity index (χ1n) is 8.06. The van der Waals surface area contributed by atoms with Gasteiger partial charge < -0.3 is 9.47 Å². The van der Waals surface area contributed by atoms with E-state index in [1.807, 2.05) is 12.1 Å². The van der Waals surface area contributed by atoms with Crippen LogP contribution in [0.2, 0.25) is 0 Å². The van der Waals surface area contributed by atoms with Crippen LogP contribution in [0, 0.1) is 5.82 Å². The van der Waals surface area contributed by atoms with Crippen molar-refractivity contribution in [1.29, 1.82) is 0 Å². The maximum Gasteiger partial charge on any atom is 0.286 e. The van der Waals surface area contributed by atoms with Gasteiger partial charge in [0.25, 0.3) is 5.24 Å². The van der Waals surface area contributed by atoms with Crippen molar-refractivity contribution in [3.8, 4) is 5.75 Å². The highest BCUT2D eigenvalue weighted by Crippen LogP contribution is 2.24. The van der Waals surface area contributed by atoms with Gasteiger partial charge in [-0.25, -0.2) is 4.39 Å². The summed E-state index contributed by atoms with van der Waals surface area (Å²) in [4.78, 5) is 22.8. The van der Waals surface area contributed by atoms with Crippen LogP contribution in [0.15, 0.2) is 48.5 Å². The number of amides is 2. The molecule has 1 N–H and O–H groups in total. The average molecular weight is 375 g/mol. The largest absolute Gasteiger partial charge is 0.491 e. The minimum atomic E-state index is -0.389. The number of benzene rings is 2. The normalized spacial score (nSPS) is 17.8. The van der Waals surface area contributed by atoms with Gasteiger partial charge in [-0.2, -0.15) is 0 Å². The molecule has 1 heterocycles. The van der Waals surface area contributed by atoms with E-state index in [2.05, 4.69) is 5.32 Å². The van der Waals surface area contributed by atoms with Crippen LogP contribution in [-0.2, 0) is 16.0 Å². The van der Waals surface area contributed by atoms with Gasteiger partial charge in [0.1, 0.15) is 24.3 Å². The first kappa shape index (κ1) is 18.4. The predicted octanol–water partition coefficient (Wildman–Crippen LogP) is 3.49. The van der Waals surface area contributed by atoms with Crippen LogP contribution in [0.3, 0.4) is 0 Å². The molecule has 1 aliphatic heterocycles. The molecule has 1 fully saturated rings. The van der Waals surface area contributed by atoms with Crippen LogP contribution >= 0.6 is 11.8 Å². The number of carbonyl (C=O) groups is 2. The molecule has 2 amide bonds. The van der Waals surface area contributed by atoms with E-state index in [0.29, 0.717) is 17.7 Å². The number of rotatable bonds is 7. The molecule has 3 rings (SSSR count). The predicted molar refractivity (Wildman–Crippen MR) is 96.7 cm³/mol. The smallest absolute Gasteiger partial charge is 0.286 e. The number of imide groups is 1. The molecule has 1 aliphatic rings. The van der Waals surface area contributed by atoms with E-state index in [9.17, 15) is 14.0 Å². The summed E-state index contributed by atoms with van der Waals surface area (Å²) in [6, 6.07) is 13.5. The van der Waals surface area contributed by atoms with E-state index in [-0.39, 0.29) is 34.9 Å².